The molecule has 16 nitrogen and oxygen atoms in total. The van der Waals surface area contributed by atoms with Crippen LogP contribution in [-0.2, 0) is 24.8 Å². The summed E-state index contributed by atoms with van der Waals surface area (Å²) < 4.78 is 19.2. The molecule has 4 aliphatic rings. The summed E-state index contributed by atoms with van der Waals surface area (Å²) in [7, 11) is 2.59. The van der Waals surface area contributed by atoms with Gasteiger partial charge in [0.15, 0.2) is 5.72 Å². The molecule has 16 heteroatoms. The lowest BCUT2D eigenvalue weighted by molar-refractivity contribution is -0.136. The number of nitrogens with one attached hydrogen (secondary N) is 4. The molecule has 0 radical (unpaired) electrons. The summed E-state index contributed by atoms with van der Waals surface area (Å²) in [5.74, 6) is 1.74. The molecule has 9 rings (SSSR count). The number of H-pyrrole nitrogens is 2. The molecule has 1 aliphatic carbocycles. The first-order chi connectivity index (χ1) is 30.9. The Bertz CT molecular complexity index is 2570. The lowest BCUT2D eigenvalue weighted by Gasteiger charge is -2.44. The van der Waals surface area contributed by atoms with Crippen molar-refractivity contribution in [3.8, 4) is 39.5 Å². The van der Waals surface area contributed by atoms with Gasteiger partial charge >= 0.3 is 12.2 Å². The van der Waals surface area contributed by atoms with Gasteiger partial charge in [-0.2, -0.15) is 0 Å². The molecule has 3 fully saturated rings. The number of likely N-dealkylation sites (tertiary alicyclic amines) is 2. The summed E-state index contributed by atoms with van der Waals surface area (Å²) in [4.78, 5) is 72.1. The van der Waals surface area contributed by atoms with Crippen molar-refractivity contribution >= 4 is 34.9 Å². The van der Waals surface area contributed by atoms with E-state index in [1.165, 1.54) is 14.2 Å². The highest BCUT2D eigenvalue weighted by Gasteiger charge is 2.43. The van der Waals surface area contributed by atoms with E-state index in [0.717, 1.165) is 114 Å². The van der Waals surface area contributed by atoms with Crippen LogP contribution in [0.2, 0.25) is 0 Å². The third-order valence-electron chi connectivity index (χ3n) is 13.7. The van der Waals surface area contributed by atoms with E-state index < -0.39 is 30.0 Å². The van der Waals surface area contributed by atoms with Gasteiger partial charge in [0, 0.05) is 48.0 Å². The SMILES string of the molecule is COC(=O)N[C@H](C(=O)N1CCC[C@H]1c1ncc(-c2ccc3c(c2)OC2(CCCCC2)n2c-3cc3cc(-c4cnc([C@@H]5CCCN5C(=O)[C@@H](NC(=O)OC)C(C)C)[nH]4)ccc32)[nH]1)C(C)C. The monoisotopic (exact) mass is 873 g/mol. The number of hydrogen-bond acceptors (Lipinski definition) is 9. The molecule has 5 aromatic rings. The van der Waals surface area contributed by atoms with Crippen LogP contribution in [0.15, 0.2) is 54.9 Å². The number of aromatic nitrogens is 5. The van der Waals surface area contributed by atoms with Crippen LogP contribution in [-0.4, -0.2) is 97.7 Å². The zero-order chi connectivity index (χ0) is 44.9. The quantitative estimate of drug-likeness (QED) is 0.107. The lowest BCUT2D eigenvalue weighted by Crippen LogP contribution is -2.51. The van der Waals surface area contributed by atoms with E-state index in [1.807, 2.05) is 49.9 Å². The molecule has 338 valence electrons. The second kappa shape index (κ2) is 17.3. The van der Waals surface area contributed by atoms with Crippen molar-refractivity contribution in [2.45, 2.75) is 115 Å². The molecule has 1 spiro atoms. The minimum atomic E-state index is -0.706. The normalized spacial score (nSPS) is 19.9. The minimum absolute atomic E-state index is 0.117. The van der Waals surface area contributed by atoms with E-state index in [4.69, 9.17) is 24.2 Å². The minimum Gasteiger partial charge on any atom is -0.467 e. The summed E-state index contributed by atoms with van der Waals surface area (Å²) >= 11 is 0. The number of methoxy groups -OCH3 is 2. The third-order valence-corrected chi connectivity index (χ3v) is 13.7. The summed E-state index contributed by atoms with van der Waals surface area (Å²) in [5, 5.41) is 6.54. The Balaban J connectivity index is 0.991. The van der Waals surface area contributed by atoms with E-state index in [-0.39, 0.29) is 35.7 Å². The van der Waals surface area contributed by atoms with Gasteiger partial charge in [-0.15, -0.1) is 0 Å². The van der Waals surface area contributed by atoms with Crippen LogP contribution in [0.5, 0.6) is 5.75 Å². The van der Waals surface area contributed by atoms with Crippen LogP contribution in [0, 0.1) is 11.8 Å². The zero-order valence-electron chi connectivity index (χ0n) is 37.5. The van der Waals surface area contributed by atoms with Gasteiger partial charge in [-0.3, -0.25) is 9.59 Å². The molecule has 2 saturated heterocycles. The van der Waals surface area contributed by atoms with Gasteiger partial charge in [-0.1, -0.05) is 46.2 Å². The summed E-state index contributed by atoms with van der Waals surface area (Å²) in [5.41, 5.74) is 6.33. The van der Waals surface area contributed by atoms with Crippen LogP contribution < -0.4 is 15.4 Å². The van der Waals surface area contributed by atoms with Crippen molar-refractivity contribution in [3.63, 3.8) is 0 Å². The molecule has 0 bridgehead atoms. The number of alkyl carbamates (subject to hydrolysis) is 2. The van der Waals surface area contributed by atoms with Crippen LogP contribution in [0.1, 0.15) is 109 Å². The molecule has 4 atom stereocenters. The van der Waals surface area contributed by atoms with Crippen LogP contribution >= 0.6 is 0 Å². The van der Waals surface area contributed by atoms with Gasteiger partial charge in [0.2, 0.25) is 11.8 Å². The van der Waals surface area contributed by atoms with Crippen molar-refractivity contribution in [1.29, 1.82) is 0 Å². The molecule has 3 aromatic heterocycles. The molecule has 4 amide bonds. The number of imidazole rings is 2. The highest BCUT2D eigenvalue weighted by atomic mass is 16.5. The van der Waals surface area contributed by atoms with Gasteiger partial charge in [-0.25, -0.2) is 19.6 Å². The number of aromatic amines is 2. The predicted molar refractivity (Wildman–Crippen MR) is 240 cm³/mol. The number of benzene rings is 2. The smallest absolute Gasteiger partial charge is 0.407 e. The average molecular weight is 874 g/mol. The summed E-state index contributed by atoms with van der Waals surface area (Å²) in [6.07, 6.45) is 10.7. The Kier molecular flexibility index (Phi) is 11.6. The highest BCUT2D eigenvalue weighted by molar-refractivity contribution is 5.93. The fourth-order valence-electron chi connectivity index (χ4n) is 10.4. The molecular weight excluding hydrogens is 815 g/mol. The molecule has 6 heterocycles. The van der Waals surface area contributed by atoms with E-state index in [0.29, 0.717) is 18.9 Å². The maximum atomic E-state index is 13.8. The second-order valence-electron chi connectivity index (χ2n) is 18.4. The van der Waals surface area contributed by atoms with Gasteiger partial charge in [0.1, 0.15) is 29.5 Å². The van der Waals surface area contributed by atoms with E-state index in [2.05, 4.69) is 67.6 Å². The van der Waals surface area contributed by atoms with E-state index in [1.54, 1.807) is 0 Å². The number of amides is 4. The fourth-order valence-corrected chi connectivity index (χ4v) is 10.4. The lowest BCUT2D eigenvalue weighted by atomic mass is 9.89. The van der Waals surface area contributed by atoms with Crippen molar-refractivity contribution < 1.29 is 33.4 Å². The number of ether oxygens (including phenoxy) is 3. The van der Waals surface area contributed by atoms with Crippen LogP contribution in [0.3, 0.4) is 0 Å². The van der Waals surface area contributed by atoms with Crippen LogP contribution in [0.25, 0.3) is 44.7 Å². The van der Waals surface area contributed by atoms with Gasteiger partial charge in [0.25, 0.3) is 0 Å². The molecule has 0 unspecified atom stereocenters. The third kappa shape index (κ3) is 7.74. The molecule has 2 aromatic carbocycles. The van der Waals surface area contributed by atoms with Crippen molar-refractivity contribution in [2.75, 3.05) is 27.3 Å². The maximum absolute atomic E-state index is 13.8. The number of carbonyl (C=O) groups excluding carboxylic acids is 4. The number of carbonyl (C=O) groups is 4. The van der Waals surface area contributed by atoms with Crippen LogP contribution in [0.4, 0.5) is 9.59 Å². The number of hydrogen-bond donors (Lipinski definition) is 4. The Morgan fingerprint density at radius 2 is 1.25 bits per heavy atom. The molecule has 3 aliphatic heterocycles. The van der Waals surface area contributed by atoms with Gasteiger partial charge < -0.3 is 49.2 Å². The fraction of sp³-hybridized carbons (Fsp3) is 0.500. The largest absolute Gasteiger partial charge is 0.467 e. The maximum Gasteiger partial charge on any atom is 0.407 e. The van der Waals surface area contributed by atoms with E-state index >= 15 is 0 Å². The van der Waals surface area contributed by atoms with Crippen molar-refractivity contribution in [3.05, 3.63) is 66.5 Å². The number of nitrogens with zero attached hydrogens (tertiary/aromatic N) is 5. The molecular formula is C48H59N9O7. The highest BCUT2D eigenvalue weighted by Crippen LogP contribution is 2.51. The molecule has 64 heavy (non-hydrogen) atoms. The topological polar surface area (TPSA) is 189 Å². The zero-order valence-corrected chi connectivity index (χ0v) is 37.5. The standard InChI is InChI=1S/C48H59N9O7/c1-27(2)40(53-46(60)62-5)44(58)55-20-10-12-36(55)42-49-25-33(51-42)29-15-17-35-31(22-29)23-38-32-16-14-30(24-39(32)64-48(57(35)38)18-8-7-9-19-48)34-26-50-43(52-34)37-13-11-21-56(37)45(59)41(28(3)4)54-47(61)63-6/h14-17,22-28,36-37,40-41H,7-13,18-21H2,1-6H3,(H,49,51)(H,50,52)(H,53,60)(H,54,61)/t36-,37-,40-,41-/m0/s1. The Labute approximate surface area is 372 Å². The first-order valence-electron chi connectivity index (χ1n) is 22.8. The number of rotatable bonds is 10. The van der Waals surface area contributed by atoms with E-state index in [9.17, 15) is 19.2 Å². The van der Waals surface area contributed by atoms with Crippen molar-refractivity contribution in [2.24, 2.45) is 11.8 Å². The Hall–Kier alpha value is -6.32. The average Bonchev–Trinajstić information content (AvgIpc) is 4.15. The first-order valence-corrected chi connectivity index (χ1v) is 22.8. The summed E-state index contributed by atoms with van der Waals surface area (Å²) in [6, 6.07) is 13.2. The van der Waals surface area contributed by atoms with Gasteiger partial charge in [-0.05, 0) is 80.7 Å². The Morgan fingerprint density at radius 3 is 1.78 bits per heavy atom. The second-order valence-corrected chi connectivity index (χ2v) is 18.4. The van der Waals surface area contributed by atoms with Gasteiger partial charge in [0.05, 0.1) is 61.3 Å². The molecule has 4 N–H and O–H groups in total. The Morgan fingerprint density at radius 1 is 0.719 bits per heavy atom. The summed E-state index contributed by atoms with van der Waals surface area (Å²) in [6.45, 7) is 8.81. The predicted octanol–water partition coefficient (Wildman–Crippen LogP) is 8.19. The van der Waals surface area contributed by atoms with Crippen molar-refractivity contribution in [1.82, 2.24) is 44.9 Å². The first kappa shape index (κ1) is 43.0. The molecule has 1 saturated carbocycles. The number of fused-ring (bicyclic) bond motifs is 6.